The van der Waals surface area contributed by atoms with Crippen LogP contribution in [0.2, 0.25) is 0 Å². The number of hydrogen-bond acceptors (Lipinski definition) is 3. The molecule has 1 aromatic rings. The number of nitrogens with two attached hydrogens (primary N) is 1. The van der Waals surface area contributed by atoms with Crippen molar-refractivity contribution in [3.63, 3.8) is 0 Å². The normalized spacial score (nSPS) is 10.1. The highest BCUT2D eigenvalue weighted by atomic mass is 16.4. The molecule has 0 bridgehead atoms. The van der Waals surface area contributed by atoms with Crippen LogP contribution in [-0.2, 0) is 6.42 Å². The lowest BCUT2D eigenvalue weighted by Gasteiger charge is -2.05. The smallest absolute Gasteiger partial charge is 0.423 e. The van der Waals surface area contributed by atoms with Crippen molar-refractivity contribution < 1.29 is 10.0 Å². The van der Waals surface area contributed by atoms with E-state index in [0.29, 0.717) is 11.2 Å². The van der Waals surface area contributed by atoms with Gasteiger partial charge < -0.3 is 15.8 Å². The average molecular weight is 179 g/mol. The standard InChI is InChI=1S/C9H14BNO2/c1-2-3-7-4-8(10(12)13)6-9(11)5-7/h4-6,12-13H,2-3,11H2,1H3. The molecule has 0 aromatic heterocycles. The van der Waals surface area contributed by atoms with E-state index in [1.165, 1.54) is 0 Å². The van der Waals surface area contributed by atoms with E-state index in [-0.39, 0.29) is 0 Å². The fourth-order valence-corrected chi connectivity index (χ4v) is 1.33. The summed E-state index contributed by atoms with van der Waals surface area (Å²) < 4.78 is 0. The van der Waals surface area contributed by atoms with Gasteiger partial charge in [-0.2, -0.15) is 0 Å². The highest BCUT2D eigenvalue weighted by Crippen LogP contribution is 2.07. The monoisotopic (exact) mass is 179 g/mol. The molecular weight excluding hydrogens is 165 g/mol. The minimum absolute atomic E-state index is 0.462. The van der Waals surface area contributed by atoms with Gasteiger partial charge in [0.25, 0.3) is 0 Å². The molecule has 0 aliphatic rings. The Balaban J connectivity index is 2.96. The van der Waals surface area contributed by atoms with Gasteiger partial charge in [-0.25, -0.2) is 0 Å². The SMILES string of the molecule is CCCc1cc(N)cc(B(O)O)c1. The number of benzene rings is 1. The second-order valence-corrected chi connectivity index (χ2v) is 3.13. The molecule has 13 heavy (non-hydrogen) atoms. The Hall–Kier alpha value is -0.995. The molecule has 0 unspecified atom stereocenters. The summed E-state index contributed by atoms with van der Waals surface area (Å²) in [5.41, 5.74) is 7.69. The van der Waals surface area contributed by atoms with E-state index >= 15 is 0 Å². The Labute approximate surface area is 78.3 Å². The summed E-state index contributed by atoms with van der Waals surface area (Å²) in [7, 11) is -1.43. The predicted octanol–water partition coefficient (Wildman–Crippen LogP) is -0.0989. The summed E-state index contributed by atoms with van der Waals surface area (Å²) in [5.74, 6) is 0. The molecular formula is C9H14BNO2. The summed E-state index contributed by atoms with van der Waals surface area (Å²) in [4.78, 5) is 0. The molecule has 0 heterocycles. The fraction of sp³-hybridized carbons (Fsp3) is 0.333. The zero-order chi connectivity index (χ0) is 9.84. The van der Waals surface area contributed by atoms with Crippen molar-refractivity contribution in [2.75, 3.05) is 5.73 Å². The largest absolute Gasteiger partial charge is 0.488 e. The molecule has 4 N–H and O–H groups in total. The third-order valence-corrected chi connectivity index (χ3v) is 1.87. The minimum Gasteiger partial charge on any atom is -0.423 e. The van der Waals surface area contributed by atoms with Crippen molar-refractivity contribution in [3.8, 4) is 0 Å². The summed E-state index contributed by atoms with van der Waals surface area (Å²) in [6.07, 6.45) is 1.93. The number of nitrogen functional groups attached to an aromatic ring is 1. The first kappa shape index (κ1) is 10.1. The van der Waals surface area contributed by atoms with Crippen molar-refractivity contribution in [3.05, 3.63) is 23.8 Å². The Bertz CT molecular complexity index is 289. The molecule has 0 fully saturated rings. The van der Waals surface area contributed by atoms with E-state index in [9.17, 15) is 0 Å². The Morgan fingerprint density at radius 2 is 2.00 bits per heavy atom. The number of anilines is 1. The first-order chi connectivity index (χ1) is 6.13. The summed E-state index contributed by atoms with van der Waals surface area (Å²) in [6.45, 7) is 2.07. The number of rotatable bonds is 3. The molecule has 1 aromatic carbocycles. The number of hydrogen-bond donors (Lipinski definition) is 3. The van der Waals surface area contributed by atoms with Crippen molar-refractivity contribution in [1.82, 2.24) is 0 Å². The topological polar surface area (TPSA) is 66.5 Å². The van der Waals surface area contributed by atoms with Crippen LogP contribution in [0.1, 0.15) is 18.9 Å². The van der Waals surface area contributed by atoms with E-state index in [1.807, 2.05) is 6.07 Å². The first-order valence-corrected chi connectivity index (χ1v) is 4.39. The fourth-order valence-electron chi connectivity index (χ4n) is 1.33. The molecule has 0 atom stereocenters. The van der Waals surface area contributed by atoms with Crippen LogP contribution in [0.5, 0.6) is 0 Å². The molecule has 0 saturated heterocycles. The van der Waals surface area contributed by atoms with E-state index in [1.54, 1.807) is 12.1 Å². The maximum absolute atomic E-state index is 8.94. The van der Waals surface area contributed by atoms with Gasteiger partial charge in [-0.05, 0) is 29.6 Å². The lowest BCUT2D eigenvalue weighted by atomic mass is 9.79. The van der Waals surface area contributed by atoms with Gasteiger partial charge in [0.2, 0.25) is 0 Å². The maximum atomic E-state index is 8.94. The number of aryl methyl sites for hydroxylation is 1. The molecule has 0 radical (unpaired) electrons. The maximum Gasteiger partial charge on any atom is 0.488 e. The summed E-state index contributed by atoms with van der Waals surface area (Å²) in [5, 5.41) is 17.9. The lowest BCUT2D eigenvalue weighted by Crippen LogP contribution is -2.30. The average Bonchev–Trinajstić information content (AvgIpc) is 2.03. The third-order valence-electron chi connectivity index (χ3n) is 1.87. The quantitative estimate of drug-likeness (QED) is 0.448. The highest BCUT2D eigenvalue weighted by molar-refractivity contribution is 6.58. The van der Waals surface area contributed by atoms with Gasteiger partial charge in [-0.15, -0.1) is 0 Å². The van der Waals surface area contributed by atoms with Crippen LogP contribution in [-0.4, -0.2) is 17.2 Å². The van der Waals surface area contributed by atoms with Gasteiger partial charge in [0.05, 0.1) is 0 Å². The molecule has 0 spiro atoms. The van der Waals surface area contributed by atoms with Crippen molar-refractivity contribution in [2.24, 2.45) is 0 Å². The molecule has 3 nitrogen and oxygen atoms in total. The first-order valence-electron chi connectivity index (χ1n) is 4.39. The Morgan fingerprint density at radius 1 is 1.31 bits per heavy atom. The summed E-state index contributed by atoms with van der Waals surface area (Å²) >= 11 is 0. The van der Waals surface area contributed by atoms with Gasteiger partial charge in [0.1, 0.15) is 0 Å². The predicted molar refractivity (Wildman–Crippen MR) is 54.7 cm³/mol. The molecule has 0 saturated carbocycles. The Kier molecular flexibility index (Phi) is 3.34. The summed E-state index contributed by atoms with van der Waals surface area (Å²) in [6, 6.07) is 5.20. The zero-order valence-electron chi connectivity index (χ0n) is 7.70. The zero-order valence-corrected chi connectivity index (χ0v) is 7.70. The van der Waals surface area contributed by atoms with Crippen LogP contribution < -0.4 is 11.2 Å². The van der Waals surface area contributed by atoms with Gasteiger partial charge in [-0.3, -0.25) is 0 Å². The lowest BCUT2D eigenvalue weighted by molar-refractivity contribution is 0.425. The van der Waals surface area contributed by atoms with E-state index < -0.39 is 7.12 Å². The molecule has 70 valence electrons. The van der Waals surface area contributed by atoms with Crippen LogP contribution in [0.4, 0.5) is 5.69 Å². The molecule has 0 amide bonds. The van der Waals surface area contributed by atoms with Crippen LogP contribution in [0, 0.1) is 0 Å². The van der Waals surface area contributed by atoms with Crippen molar-refractivity contribution >= 4 is 18.3 Å². The van der Waals surface area contributed by atoms with Crippen molar-refractivity contribution in [1.29, 1.82) is 0 Å². The van der Waals surface area contributed by atoms with Crippen molar-refractivity contribution in [2.45, 2.75) is 19.8 Å². The van der Waals surface area contributed by atoms with E-state index in [0.717, 1.165) is 18.4 Å². The Morgan fingerprint density at radius 3 is 2.54 bits per heavy atom. The van der Waals surface area contributed by atoms with E-state index in [4.69, 9.17) is 15.8 Å². The molecule has 1 rings (SSSR count). The van der Waals surface area contributed by atoms with Gasteiger partial charge >= 0.3 is 7.12 Å². The van der Waals surface area contributed by atoms with E-state index in [2.05, 4.69) is 6.92 Å². The highest BCUT2D eigenvalue weighted by Gasteiger charge is 2.11. The van der Waals surface area contributed by atoms with Crippen LogP contribution >= 0.6 is 0 Å². The second kappa shape index (κ2) is 4.30. The second-order valence-electron chi connectivity index (χ2n) is 3.13. The van der Waals surface area contributed by atoms with Crippen LogP contribution in [0.15, 0.2) is 18.2 Å². The molecule has 0 aliphatic carbocycles. The molecule has 4 heteroatoms. The van der Waals surface area contributed by atoms with Gasteiger partial charge in [0.15, 0.2) is 0 Å². The van der Waals surface area contributed by atoms with Gasteiger partial charge in [0, 0.05) is 5.69 Å². The minimum atomic E-state index is -1.43. The van der Waals surface area contributed by atoms with Crippen LogP contribution in [0.3, 0.4) is 0 Å². The van der Waals surface area contributed by atoms with Crippen LogP contribution in [0.25, 0.3) is 0 Å². The third kappa shape index (κ3) is 2.75. The van der Waals surface area contributed by atoms with Gasteiger partial charge in [-0.1, -0.05) is 19.4 Å². The molecule has 0 aliphatic heterocycles.